The van der Waals surface area contributed by atoms with E-state index in [0.29, 0.717) is 0 Å². The number of hydrogen-bond donors (Lipinski definition) is 0. The van der Waals surface area contributed by atoms with Crippen molar-refractivity contribution in [3.8, 4) is 5.00 Å². The van der Waals surface area contributed by atoms with Gasteiger partial charge in [0.25, 0.3) is 0 Å². The Kier molecular flexibility index (Phi) is 2.60. The molecule has 1 saturated heterocycles. The Balaban J connectivity index is 1.98. The molecule has 3 aromatic heterocycles. The highest BCUT2D eigenvalue weighted by molar-refractivity contribution is 7.12. The van der Waals surface area contributed by atoms with Crippen molar-refractivity contribution in [1.82, 2.24) is 14.5 Å². The van der Waals surface area contributed by atoms with Gasteiger partial charge in [0.2, 0.25) is 0 Å². The second kappa shape index (κ2) is 4.43. The zero-order valence-electron chi connectivity index (χ0n) is 10.3. The van der Waals surface area contributed by atoms with Crippen LogP contribution in [-0.2, 0) is 4.74 Å². The van der Waals surface area contributed by atoms with E-state index in [9.17, 15) is 0 Å². The van der Waals surface area contributed by atoms with Crippen molar-refractivity contribution in [2.45, 2.75) is 18.9 Å². The molecule has 0 aromatic carbocycles. The Morgan fingerprint density at radius 2 is 2.32 bits per heavy atom. The lowest BCUT2D eigenvalue weighted by Crippen LogP contribution is -2.06. The molecule has 1 unspecified atom stereocenters. The smallest absolute Gasteiger partial charge is 0.165 e. The summed E-state index contributed by atoms with van der Waals surface area (Å²) in [6.07, 6.45) is 4.05. The number of imidazole rings is 1. The SMILES string of the molecule is c1csc(-n2c(C3CCCO3)nc3cccnc32)c1. The van der Waals surface area contributed by atoms with Gasteiger partial charge in [0, 0.05) is 12.8 Å². The van der Waals surface area contributed by atoms with Crippen LogP contribution in [0.25, 0.3) is 16.2 Å². The summed E-state index contributed by atoms with van der Waals surface area (Å²) in [5.74, 6) is 0.980. The molecule has 0 aliphatic carbocycles. The Labute approximate surface area is 114 Å². The molecule has 0 bridgehead atoms. The average Bonchev–Trinajstić information content (AvgIpc) is 3.17. The predicted octanol–water partition coefficient (Wildman–Crippen LogP) is 3.33. The molecule has 0 amide bonds. The molecule has 96 valence electrons. The highest BCUT2D eigenvalue weighted by Crippen LogP contribution is 2.33. The van der Waals surface area contributed by atoms with E-state index in [4.69, 9.17) is 9.72 Å². The second-order valence-electron chi connectivity index (χ2n) is 4.60. The van der Waals surface area contributed by atoms with Gasteiger partial charge in [-0.25, -0.2) is 9.97 Å². The third-order valence-corrected chi connectivity index (χ3v) is 4.24. The van der Waals surface area contributed by atoms with Gasteiger partial charge in [-0.2, -0.15) is 0 Å². The van der Waals surface area contributed by atoms with Gasteiger partial charge >= 0.3 is 0 Å². The van der Waals surface area contributed by atoms with Gasteiger partial charge in [0.15, 0.2) is 5.65 Å². The van der Waals surface area contributed by atoms with E-state index in [-0.39, 0.29) is 6.10 Å². The van der Waals surface area contributed by atoms with Gasteiger partial charge in [0.05, 0.1) is 0 Å². The van der Waals surface area contributed by atoms with Crippen LogP contribution in [-0.4, -0.2) is 21.1 Å². The summed E-state index contributed by atoms with van der Waals surface area (Å²) in [6, 6.07) is 8.07. The molecule has 0 radical (unpaired) electrons. The van der Waals surface area contributed by atoms with Crippen molar-refractivity contribution in [1.29, 1.82) is 0 Å². The average molecular weight is 271 g/mol. The monoisotopic (exact) mass is 271 g/mol. The number of fused-ring (bicyclic) bond motifs is 1. The fourth-order valence-corrected chi connectivity index (χ4v) is 3.28. The summed E-state index contributed by atoms with van der Waals surface area (Å²) in [5, 5.41) is 3.22. The zero-order chi connectivity index (χ0) is 12.7. The maximum atomic E-state index is 5.80. The largest absolute Gasteiger partial charge is 0.370 e. The number of rotatable bonds is 2. The van der Waals surface area contributed by atoms with Gasteiger partial charge in [-0.15, -0.1) is 11.3 Å². The Hall–Kier alpha value is -1.72. The summed E-state index contributed by atoms with van der Waals surface area (Å²) < 4.78 is 7.94. The normalized spacial score (nSPS) is 19.3. The quantitative estimate of drug-likeness (QED) is 0.717. The van der Waals surface area contributed by atoms with E-state index in [2.05, 4.69) is 21.0 Å². The minimum atomic E-state index is 0.0938. The Bertz CT molecular complexity index is 699. The van der Waals surface area contributed by atoms with Crippen molar-refractivity contribution in [2.24, 2.45) is 0 Å². The molecule has 0 saturated carbocycles. The molecular weight excluding hydrogens is 258 g/mol. The van der Waals surface area contributed by atoms with Crippen LogP contribution in [0.3, 0.4) is 0 Å². The van der Waals surface area contributed by atoms with E-state index in [1.165, 1.54) is 0 Å². The molecule has 4 rings (SSSR count). The maximum absolute atomic E-state index is 5.80. The molecule has 5 heteroatoms. The Morgan fingerprint density at radius 3 is 3.11 bits per heavy atom. The number of thiophene rings is 1. The second-order valence-corrected chi connectivity index (χ2v) is 5.53. The summed E-state index contributed by atoms with van der Waals surface area (Å²) >= 11 is 1.70. The van der Waals surface area contributed by atoms with E-state index in [1.54, 1.807) is 11.3 Å². The molecule has 1 atom stereocenters. The maximum Gasteiger partial charge on any atom is 0.165 e. The van der Waals surface area contributed by atoms with Crippen LogP contribution in [0.2, 0.25) is 0 Å². The lowest BCUT2D eigenvalue weighted by atomic mass is 10.2. The van der Waals surface area contributed by atoms with Crippen LogP contribution in [0, 0.1) is 0 Å². The van der Waals surface area contributed by atoms with Crippen LogP contribution in [0.4, 0.5) is 0 Å². The first-order chi connectivity index (χ1) is 9.43. The third-order valence-electron chi connectivity index (χ3n) is 3.39. The third kappa shape index (κ3) is 1.77. The molecule has 19 heavy (non-hydrogen) atoms. The fraction of sp³-hybridized carbons (Fsp3) is 0.286. The van der Waals surface area contributed by atoms with Gasteiger partial charge < -0.3 is 4.74 Å². The number of hydrogen-bond acceptors (Lipinski definition) is 4. The molecular formula is C14H13N3OS. The standard InChI is InChI=1S/C14H13N3OS/c1-4-10-13(15-7-1)17(12-6-3-9-19-12)14(16-10)11-5-2-8-18-11/h1,3-4,6-7,9,11H,2,5,8H2. The first kappa shape index (κ1) is 11.1. The molecule has 0 spiro atoms. The minimum Gasteiger partial charge on any atom is -0.370 e. The molecule has 1 fully saturated rings. The first-order valence-electron chi connectivity index (χ1n) is 6.42. The van der Waals surface area contributed by atoms with Crippen LogP contribution in [0.1, 0.15) is 24.8 Å². The molecule has 4 nitrogen and oxygen atoms in total. The fourth-order valence-electron chi connectivity index (χ4n) is 2.54. The number of aromatic nitrogens is 3. The highest BCUT2D eigenvalue weighted by Gasteiger charge is 2.25. The summed E-state index contributed by atoms with van der Waals surface area (Å²) in [4.78, 5) is 9.21. The number of nitrogens with zero attached hydrogens (tertiary/aromatic N) is 3. The van der Waals surface area contributed by atoms with Crippen molar-refractivity contribution in [3.05, 3.63) is 41.7 Å². The van der Waals surface area contributed by atoms with E-state index < -0.39 is 0 Å². The molecule has 3 aromatic rings. The van der Waals surface area contributed by atoms with E-state index in [1.807, 2.05) is 24.4 Å². The van der Waals surface area contributed by atoms with Gasteiger partial charge in [-0.1, -0.05) is 0 Å². The zero-order valence-corrected chi connectivity index (χ0v) is 11.1. The lowest BCUT2D eigenvalue weighted by molar-refractivity contribution is 0.104. The van der Waals surface area contributed by atoms with Crippen LogP contribution in [0.15, 0.2) is 35.8 Å². The van der Waals surface area contributed by atoms with Gasteiger partial charge in [0.1, 0.15) is 22.4 Å². The topological polar surface area (TPSA) is 39.9 Å². The number of pyridine rings is 1. The molecule has 1 aliphatic rings. The molecule has 0 N–H and O–H groups in total. The van der Waals surface area contributed by atoms with Crippen molar-refractivity contribution >= 4 is 22.5 Å². The van der Waals surface area contributed by atoms with Crippen molar-refractivity contribution in [3.63, 3.8) is 0 Å². The first-order valence-corrected chi connectivity index (χ1v) is 7.30. The Morgan fingerprint density at radius 1 is 1.32 bits per heavy atom. The predicted molar refractivity (Wildman–Crippen MR) is 74.7 cm³/mol. The minimum absolute atomic E-state index is 0.0938. The highest BCUT2D eigenvalue weighted by atomic mass is 32.1. The van der Waals surface area contributed by atoms with Crippen LogP contribution in [0.5, 0.6) is 0 Å². The van der Waals surface area contributed by atoms with Crippen molar-refractivity contribution in [2.75, 3.05) is 6.61 Å². The summed E-state index contributed by atoms with van der Waals surface area (Å²) in [6.45, 7) is 0.825. The van der Waals surface area contributed by atoms with Crippen molar-refractivity contribution < 1.29 is 4.74 Å². The van der Waals surface area contributed by atoms with Crippen LogP contribution < -0.4 is 0 Å². The molecule has 4 heterocycles. The lowest BCUT2D eigenvalue weighted by Gasteiger charge is -2.11. The van der Waals surface area contributed by atoms with Crippen LogP contribution >= 0.6 is 11.3 Å². The summed E-state index contributed by atoms with van der Waals surface area (Å²) in [7, 11) is 0. The summed E-state index contributed by atoms with van der Waals surface area (Å²) in [5.41, 5.74) is 1.84. The van der Waals surface area contributed by atoms with Gasteiger partial charge in [-0.05, 0) is 42.5 Å². The van der Waals surface area contributed by atoms with E-state index >= 15 is 0 Å². The molecule has 1 aliphatic heterocycles. The number of ether oxygens (including phenoxy) is 1. The van der Waals surface area contributed by atoms with Gasteiger partial charge in [-0.3, -0.25) is 4.57 Å². The van der Waals surface area contributed by atoms with E-state index in [0.717, 1.165) is 41.4 Å².